The monoisotopic (exact) mass is 472 g/mol. The number of rotatable bonds is 5. The zero-order valence-corrected chi connectivity index (χ0v) is 18.4. The summed E-state index contributed by atoms with van der Waals surface area (Å²) in [6.07, 6.45) is -3.32. The average Bonchev–Trinajstić information content (AvgIpc) is 3.15. The summed E-state index contributed by atoms with van der Waals surface area (Å²) in [4.78, 5) is 21.3. The Bertz CT molecular complexity index is 1310. The summed E-state index contributed by atoms with van der Waals surface area (Å²) in [5.74, 6) is -0.240. The van der Waals surface area contributed by atoms with Crippen LogP contribution in [0.15, 0.2) is 54.7 Å². The number of hydrogen-bond donors (Lipinski definition) is 2. The van der Waals surface area contributed by atoms with Gasteiger partial charge in [-0.3, -0.25) is 4.79 Å². The molecule has 0 aliphatic heterocycles. The molecule has 0 saturated heterocycles. The van der Waals surface area contributed by atoms with E-state index in [-0.39, 0.29) is 32.5 Å². The third-order valence-corrected chi connectivity index (χ3v) is 6.20. The molecule has 1 unspecified atom stereocenters. The maximum atomic E-state index is 13.9. The Morgan fingerprint density at radius 3 is 2.52 bits per heavy atom. The molecule has 1 amide bonds. The quantitative estimate of drug-likeness (QED) is 0.403. The number of halogens is 3. The fourth-order valence-corrected chi connectivity index (χ4v) is 4.42. The highest BCUT2D eigenvalue weighted by molar-refractivity contribution is 7.21. The predicted molar refractivity (Wildman–Crippen MR) is 121 cm³/mol. The second-order valence-electron chi connectivity index (χ2n) is 7.27. The molecule has 4 rings (SSSR count). The average molecular weight is 472 g/mol. The Morgan fingerprint density at radius 2 is 1.91 bits per heavy atom. The zero-order chi connectivity index (χ0) is 23.8. The minimum Gasteiger partial charge on any atom is -0.481 e. The lowest BCUT2D eigenvalue weighted by Crippen LogP contribution is -2.26. The number of nitrogens with two attached hydrogens (primary N) is 1. The number of nitrogen functional groups attached to an aromatic ring is 1. The van der Waals surface area contributed by atoms with Gasteiger partial charge in [0, 0.05) is 23.2 Å². The second kappa shape index (κ2) is 8.70. The highest BCUT2D eigenvalue weighted by atomic mass is 32.1. The summed E-state index contributed by atoms with van der Waals surface area (Å²) in [5, 5.41) is 2.51. The molecule has 170 valence electrons. The van der Waals surface area contributed by atoms with Crippen LogP contribution in [0.25, 0.3) is 21.5 Å². The number of nitrogens with one attached hydrogen (secondary N) is 1. The van der Waals surface area contributed by atoms with Gasteiger partial charge in [0.1, 0.15) is 9.71 Å². The molecule has 1 atom stereocenters. The lowest BCUT2D eigenvalue weighted by atomic mass is 10.1. The van der Waals surface area contributed by atoms with Crippen molar-refractivity contribution in [3.8, 4) is 17.1 Å². The first kappa shape index (κ1) is 22.5. The standard InChI is InChI=1S/C23H19F3N4O2S/c1-12(13-6-4-3-5-7-13)29-21(31)20-19(27)18-15(23(24,25)26)10-16(30-22(18)33-20)14-8-9-17(32-2)28-11-14/h3-12H,27H2,1-2H3,(H,29,31). The van der Waals surface area contributed by atoms with Crippen LogP contribution in [0.3, 0.4) is 0 Å². The number of hydrogen-bond acceptors (Lipinski definition) is 6. The Morgan fingerprint density at radius 1 is 1.18 bits per heavy atom. The number of anilines is 1. The van der Waals surface area contributed by atoms with E-state index in [0.29, 0.717) is 11.4 Å². The van der Waals surface area contributed by atoms with E-state index in [4.69, 9.17) is 10.5 Å². The van der Waals surface area contributed by atoms with Crippen LogP contribution in [0.4, 0.5) is 18.9 Å². The number of pyridine rings is 2. The van der Waals surface area contributed by atoms with Crippen LogP contribution in [-0.4, -0.2) is 23.0 Å². The van der Waals surface area contributed by atoms with Gasteiger partial charge in [-0.15, -0.1) is 11.3 Å². The normalized spacial score (nSPS) is 12.5. The molecule has 1 aromatic carbocycles. The van der Waals surface area contributed by atoms with Gasteiger partial charge in [-0.05, 0) is 24.6 Å². The van der Waals surface area contributed by atoms with Crippen molar-refractivity contribution in [1.29, 1.82) is 0 Å². The van der Waals surface area contributed by atoms with Gasteiger partial charge >= 0.3 is 6.18 Å². The van der Waals surface area contributed by atoms with Crippen LogP contribution < -0.4 is 15.8 Å². The summed E-state index contributed by atoms with van der Waals surface area (Å²) >= 11 is 0.823. The molecule has 4 aromatic rings. The molecule has 0 aliphatic rings. The summed E-state index contributed by atoms with van der Waals surface area (Å²) in [5.41, 5.74) is 6.15. The van der Waals surface area contributed by atoms with Gasteiger partial charge in [-0.25, -0.2) is 9.97 Å². The number of nitrogens with zero attached hydrogens (tertiary/aromatic N) is 2. The van der Waals surface area contributed by atoms with Crippen molar-refractivity contribution in [3.63, 3.8) is 0 Å². The lowest BCUT2D eigenvalue weighted by Gasteiger charge is -2.14. The third-order valence-electron chi connectivity index (χ3n) is 5.10. The number of thiophene rings is 1. The highest BCUT2D eigenvalue weighted by Gasteiger charge is 2.36. The van der Waals surface area contributed by atoms with E-state index in [1.54, 1.807) is 13.0 Å². The second-order valence-corrected chi connectivity index (χ2v) is 8.27. The topological polar surface area (TPSA) is 90.1 Å². The molecule has 0 spiro atoms. The van der Waals surface area contributed by atoms with Crippen LogP contribution in [0.1, 0.15) is 33.8 Å². The minimum atomic E-state index is -4.70. The molecule has 3 aromatic heterocycles. The molecule has 6 nitrogen and oxygen atoms in total. The molecule has 0 bridgehead atoms. The summed E-state index contributed by atoms with van der Waals surface area (Å²) in [7, 11) is 1.44. The van der Waals surface area contributed by atoms with Gasteiger partial charge in [-0.1, -0.05) is 30.3 Å². The molecule has 33 heavy (non-hydrogen) atoms. The van der Waals surface area contributed by atoms with Crippen molar-refractivity contribution in [1.82, 2.24) is 15.3 Å². The van der Waals surface area contributed by atoms with Gasteiger partial charge in [0.25, 0.3) is 5.91 Å². The van der Waals surface area contributed by atoms with Gasteiger partial charge in [0.2, 0.25) is 5.88 Å². The summed E-state index contributed by atoms with van der Waals surface area (Å²) in [6, 6.07) is 12.9. The Balaban J connectivity index is 1.78. The first-order valence-corrected chi connectivity index (χ1v) is 10.7. The highest BCUT2D eigenvalue weighted by Crippen LogP contribution is 2.43. The number of benzene rings is 1. The van der Waals surface area contributed by atoms with Crippen LogP contribution in [0.5, 0.6) is 5.88 Å². The number of carbonyl (C=O) groups excluding carboxylic acids is 1. The minimum absolute atomic E-state index is 0.0178. The molecule has 0 fully saturated rings. The molecular formula is C23H19F3N4O2S. The van der Waals surface area contributed by atoms with E-state index in [1.165, 1.54) is 19.4 Å². The first-order chi connectivity index (χ1) is 15.7. The van der Waals surface area contributed by atoms with Gasteiger partial charge in [0.15, 0.2) is 0 Å². The molecule has 0 aliphatic carbocycles. The van der Waals surface area contributed by atoms with Crippen molar-refractivity contribution in [2.75, 3.05) is 12.8 Å². The van der Waals surface area contributed by atoms with Crippen LogP contribution in [0, 0.1) is 0 Å². The van der Waals surface area contributed by atoms with Gasteiger partial charge < -0.3 is 15.8 Å². The molecule has 0 saturated carbocycles. The van der Waals surface area contributed by atoms with E-state index in [1.807, 2.05) is 30.3 Å². The van der Waals surface area contributed by atoms with Gasteiger partial charge in [0.05, 0.1) is 30.1 Å². The smallest absolute Gasteiger partial charge is 0.417 e. The number of alkyl halides is 3. The predicted octanol–water partition coefficient (Wildman–Crippen LogP) is 5.46. The van der Waals surface area contributed by atoms with Crippen molar-refractivity contribution in [2.45, 2.75) is 19.1 Å². The third kappa shape index (κ3) is 4.47. The van der Waals surface area contributed by atoms with E-state index < -0.39 is 17.6 Å². The maximum Gasteiger partial charge on any atom is 0.417 e. The fourth-order valence-electron chi connectivity index (χ4n) is 3.40. The van der Waals surface area contributed by atoms with Crippen molar-refractivity contribution < 1.29 is 22.7 Å². The lowest BCUT2D eigenvalue weighted by molar-refractivity contribution is -0.136. The molecule has 0 radical (unpaired) electrons. The number of fused-ring (bicyclic) bond motifs is 1. The Kier molecular flexibility index (Phi) is 5.94. The van der Waals surface area contributed by atoms with Crippen molar-refractivity contribution >= 4 is 33.1 Å². The number of ether oxygens (including phenoxy) is 1. The van der Waals surface area contributed by atoms with Crippen LogP contribution >= 0.6 is 11.3 Å². The van der Waals surface area contributed by atoms with Crippen LogP contribution in [-0.2, 0) is 6.18 Å². The molecular weight excluding hydrogens is 453 g/mol. The SMILES string of the molecule is COc1ccc(-c2cc(C(F)(F)F)c3c(N)c(C(=O)NC(C)c4ccccc4)sc3n2)cn1. The largest absolute Gasteiger partial charge is 0.481 e. The Hall–Kier alpha value is -3.66. The van der Waals surface area contributed by atoms with E-state index in [2.05, 4.69) is 15.3 Å². The van der Waals surface area contributed by atoms with Crippen molar-refractivity contribution in [3.05, 3.63) is 70.7 Å². The van der Waals surface area contributed by atoms with E-state index in [0.717, 1.165) is 23.0 Å². The van der Waals surface area contributed by atoms with Gasteiger partial charge in [-0.2, -0.15) is 13.2 Å². The van der Waals surface area contributed by atoms with E-state index in [9.17, 15) is 18.0 Å². The van der Waals surface area contributed by atoms with Crippen LogP contribution in [0.2, 0.25) is 0 Å². The molecule has 3 N–H and O–H groups in total. The summed E-state index contributed by atoms with van der Waals surface area (Å²) < 4.78 is 46.8. The van der Waals surface area contributed by atoms with E-state index >= 15 is 0 Å². The fraction of sp³-hybridized carbons (Fsp3) is 0.174. The molecule has 10 heteroatoms. The zero-order valence-electron chi connectivity index (χ0n) is 17.6. The summed E-state index contributed by atoms with van der Waals surface area (Å²) in [6.45, 7) is 1.78. The number of amides is 1. The number of carbonyl (C=O) groups is 1. The number of aromatic nitrogens is 2. The number of methoxy groups -OCH3 is 1. The first-order valence-electron chi connectivity index (χ1n) is 9.85. The molecule has 3 heterocycles. The maximum absolute atomic E-state index is 13.9. The van der Waals surface area contributed by atoms with Crippen molar-refractivity contribution in [2.24, 2.45) is 0 Å². The Labute approximate surface area is 191 Å².